The second-order valence-corrected chi connectivity index (χ2v) is 11.2. The van der Waals surface area contributed by atoms with Gasteiger partial charge in [0.2, 0.25) is 5.91 Å². The molecule has 4 rings (SSSR count). The van der Waals surface area contributed by atoms with E-state index in [0.29, 0.717) is 29.8 Å². The molecule has 4 atom stereocenters. The van der Waals surface area contributed by atoms with Crippen LogP contribution in [0.15, 0.2) is 70.6 Å². The van der Waals surface area contributed by atoms with E-state index in [9.17, 15) is 29.7 Å². The molecule has 2 aliphatic rings. The molecule has 0 bridgehead atoms. The normalized spacial score (nSPS) is 20.0. The van der Waals surface area contributed by atoms with E-state index in [1.54, 1.807) is 19.2 Å². The topological polar surface area (TPSA) is 198 Å². The summed E-state index contributed by atoms with van der Waals surface area (Å²) in [6.07, 6.45) is 1.49. The maximum atomic E-state index is 12.6. The van der Waals surface area contributed by atoms with Gasteiger partial charge in [0.1, 0.15) is 24.7 Å². The van der Waals surface area contributed by atoms with Crippen molar-refractivity contribution in [3.8, 4) is 11.5 Å². The summed E-state index contributed by atoms with van der Waals surface area (Å²) in [6.45, 7) is 0.320. The summed E-state index contributed by atoms with van der Waals surface area (Å²) in [5.41, 5.74) is 1.32. The van der Waals surface area contributed by atoms with Crippen LogP contribution in [-0.4, -0.2) is 111 Å². The van der Waals surface area contributed by atoms with E-state index in [2.05, 4.69) is 15.5 Å². The molecule has 15 heteroatoms. The van der Waals surface area contributed by atoms with Crippen LogP contribution in [0.25, 0.3) is 0 Å². The summed E-state index contributed by atoms with van der Waals surface area (Å²) < 4.78 is 26.9. The number of fused-ring (bicyclic) bond motifs is 1. The number of rotatable bonds is 18. The van der Waals surface area contributed by atoms with E-state index in [0.717, 1.165) is 0 Å². The summed E-state index contributed by atoms with van der Waals surface area (Å²) >= 11 is 0. The number of esters is 1. The minimum atomic E-state index is -1.07. The molecule has 0 saturated heterocycles. The monoisotopic (exact) mass is 670 g/mol. The van der Waals surface area contributed by atoms with Crippen LogP contribution in [0, 0.1) is 17.8 Å². The van der Waals surface area contributed by atoms with Crippen LogP contribution in [0.2, 0.25) is 0 Å². The standard InChI is InChI=1S/C33H42N4O11/c1-37(12-14-46-32(42)26-19-48-33(43)31-22(18-38)7-9-25(26)31)30(41)21-45-16-15-44-13-11-34-29(40)20-47-28-17-24(39)8-10-27(28)36-35-23-5-3-2-4-6-23/h2-6,8,10,17,19,22,25,31,33,38-39,43H,7,9,11-16,18,20-21H2,1H3,(H,34,40)/b36-35+. The van der Waals surface area contributed by atoms with Crippen molar-refractivity contribution in [2.75, 3.05) is 66.4 Å². The predicted octanol–water partition coefficient (Wildman–Crippen LogP) is 2.20. The number of azo groups is 1. The van der Waals surface area contributed by atoms with Gasteiger partial charge in [-0.05, 0) is 43.0 Å². The average molecular weight is 671 g/mol. The van der Waals surface area contributed by atoms with Crippen molar-refractivity contribution in [3.05, 3.63) is 60.4 Å². The Morgan fingerprint density at radius 1 is 1.00 bits per heavy atom. The van der Waals surface area contributed by atoms with E-state index in [-0.39, 0.29) is 94.5 Å². The van der Waals surface area contributed by atoms with Gasteiger partial charge >= 0.3 is 5.97 Å². The third-order valence-corrected chi connectivity index (χ3v) is 7.97. The summed E-state index contributed by atoms with van der Waals surface area (Å²) in [6, 6.07) is 13.4. The molecular formula is C33H42N4O11. The fourth-order valence-corrected chi connectivity index (χ4v) is 5.37. The number of amides is 2. The Morgan fingerprint density at radius 2 is 1.79 bits per heavy atom. The highest BCUT2D eigenvalue weighted by Crippen LogP contribution is 2.46. The first-order chi connectivity index (χ1) is 23.3. The average Bonchev–Trinajstić information content (AvgIpc) is 3.53. The van der Waals surface area contributed by atoms with Crippen LogP contribution in [0.4, 0.5) is 11.4 Å². The number of aromatic hydroxyl groups is 1. The largest absolute Gasteiger partial charge is 0.508 e. The number of hydrogen-bond donors (Lipinski definition) is 4. The number of aliphatic hydroxyl groups excluding tert-OH is 2. The molecule has 4 unspecified atom stereocenters. The van der Waals surface area contributed by atoms with Crippen LogP contribution in [0.5, 0.6) is 11.5 Å². The zero-order chi connectivity index (χ0) is 34.3. The zero-order valence-electron chi connectivity index (χ0n) is 26.7. The first-order valence-electron chi connectivity index (χ1n) is 15.7. The first kappa shape index (κ1) is 36.3. The third kappa shape index (κ3) is 10.7. The Hall–Kier alpha value is -4.57. The molecule has 2 aromatic rings. The van der Waals surface area contributed by atoms with Gasteiger partial charge in [0.05, 0.1) is 43.9 Å². The van der Waals surface area contributed by atoms with Gasteiger partial charge in [0.25, 0.3) is 5.91 Å². The molecule has 2 aromatic carbocycles. The molecule has 1 heterocycles. The van der Waals surface area contributed by atoms with Crippen LogP contribution in [0.1, 0.15) is 12.8 Å². The van der Waals surface area contributed by atoms with Crippen molar-refractivity contribution < 1.29 is 53.4 Å². The quantitative estimate of drug-likeness (QED) is 0.103. The molecule has 260 valence electrons. The molecule has 2 amide bonds. The maximum absolute atomic E-state index is 12.6. The van der Waals surface area contributed by atoms with Gasteiger partial charge in [0, 0.05) is 38.1 Å². The number of aliphatic hydroxyl groups is 2. The zero-order valence-corrected chi connectivity index (χ0v) is 26.7. The minimum Gasteiger partial charge on any atom is -0.508 e. The fourth-order valence-electron chi connectivity index (χ4n) is 5.37. The number of phenols is 1. The first-order valence-corrected chi connectivity index (χ1v) is 15.7. The number of phenolic OH excluding ortho intramolecular Hbond substituents is 1. The van der Waals surface area contributed by atoms with Crippen molar-refractivity contribution >= 4 is 29.2 Å². The molecule has 0 radical (unpaired) electrons. The van der Waals surface area contributed by atoms with E-state index in [1.165, 1.54) is 29.4 Å². The maximum Gasteiger partial charge on any atom is 0.337 e. The molecule has 0 spiro atoms. The number of benzene rings is 2. The summed E-state index contributed by atoms with van der Waals surface area (Å²) in [4.78, 5) is 38.6. The molecule has 4 N–H and O–H groups in total. The molecule has 48 heavy (non-hydrogen) atoms. The van der Waals surface area contributed by atoms with Crippen LogP contribution >= 0.6 is 0 Å². The smallest absolute Gasteiger partial charge is 0.337 e. The number of nitrogens with one attached hydrogen (secondary N) is 1. The lowest BCUT2D eigenvalue weighted by Gasteiger charge is -2.32. The molecule has 1 aliphatic heterocycles. The van der Waals surface area contributed by atoms with Gasteiger partial charge < -0.3 is 49.2 Å². The van der Waals surface area contributed by atoms with Gasteiger partial charge in [0.15, 0.2) is 18.6 Å². The van der Waals surface area contributed by atoms with Crippen LogP contribution < -0.4 is 10.1 Å². The second-order valence-electron chi connectivity index (χ2n) is 11.2. The Bertz CT molecular complexity index is 1420. The summed E-state index contributed by atoms with van der Waals surface area (Å²) in [5, 5.41) is 40.4. The predicted molar refractivity (Wildman–Crippen MR) is 169 cm³/mol. The van der Waals surface area contributed by atoms with Gasteiger partial charge in [-0.2, -0.15) is 5.11 Å². The Morgan fingerprint density at radius 3 is 2.58 bits per heavy atom. The van der Waals surface area contributed by atoms with E-state index in [1.807, 2.05) is 18.2 Å². The number of nitrogens with zero attached hydrogens (tertiary/aromatic N) is 3. The van der Waals surface area contributed by atoms with Crippen molar-refractivity contribution in [2.24, 2.45) is 28.0 Å². The number of ether oxygens (including phenoxy) is 5. The molecule has 1 aliphatic carbocycles. The molecule has 1 fully saturated rings. The summed E-state index contributed by atoms with van der Waals surface area (Å²) in [7, 11) is 1.57. The molecular weight excluding hydrogens is 628 g/mol. The molecule has 1 saturated carbocycles. The van der Waals surface area contributed by atoms with Gasteiger partial charge in [-0.15, -0.1) is 5.11 Å². The Labute approximate surface area is 278 Å². The lowest BCUT2D eigenvalue weighted by molar-refractivity contribution is -0.150. The number of carbonyl (C=O) groups excluding carboxylic acids is 3. The SMILES string of the molecule is CN(CCOC(=O)C1=COC(O)C2C(CO)CCC12)C(=O)COCCOCCNC(=O)COc1cc(O)ccc1/N=N/c1ccccc1. The van der Waals surface area contributed by atoms with Crippen molar-refractivity contribution in [3.63, 3.8) is 0 Å². The lowest BCUT2D eigenvalue weighted by Crippen LogP contribution is -2.38. The number of likely N-dealkylation sites (N-methyl/N-ethyl adjacent to an activating group) is 1. The van der Waals surface area contributed by atoms with Crippen LogP contribution in [-0.2, 0) is 33.3 Å². The third-order valence-electron chi connectivity index (χ3n) is 7.97. The number of hydrogen-bond acceptors (Lipinski definition) is 13. The highest BCUT2D eigenvalue weighted by Gasteiger charge is 2.47. The Kier molecular flexibility index (Phi) is 14.1. The van der Waals surface area contributed by atoms with E-state index >= 15 is 0 Å². The van der Waals surface area contributed by atoms with Gasteiger partial charge in [-0.3, -0.25) is 9.59 Å². The van der Waals surface area contributed by atoms with E-state index < -0.39 is 18.2 Å². The highest BCUT2D eigenvalue weighted by molar-refractivity contribution is 5.89. The molecule has 15 nitrogen and oxygen atoms in total. The van der Waals surface area contributed by atoms with Gasteiger partial charge in [-0.25, -0.2) is 4.79 Å². The summed E-state index contributed by atoms with van der Waals surface area (Å²) in [5.74, 6) is -1.86. The second kappa shape index (κ2) is 18.7. The van der Waals surface area contributed by atoms with Crippen molar-refractivity contribution in [1.82, 2.24) is 10.2 Å². The van der Waals surface area contributed by atoms with Crippen molar-refractivity contribution in [2.45, 2.75) is 19.1 Å². The van der Waals surface area contributed by atoms with E-state index in [4.69, 9.17) is 23.7 Å². The Balaban J connectivity index is 1.03. The molecule has 0 aromatic heterocycles. The number of carbonyl (C=O) groups is 3. The van der Waals surface area contributed by atoms with Crippen molar-refractivity contribution in [1.29, 1.82) is 0 Å². The lowest BCUT2D eigenvalue weighted by atomic mass is 9.83. The fraction of sp³-hybridized carbons (Fsp3) is 0.485. The highest BCUT2D eigenvalue weighted by atomic mass is 16.6. The minimum absolute atomic E-state index is 0.0317. The van der Waals surface area contributed by atoms with Gasteiger partial charge in [-0.1, -0.05) is 18.2 Å². The van der Waals surface area contributed by atoms with Crippen LogP contribution in [0.3, 0.4) is 0 Å².